The number of hydrogen-bond acceptors (Lipinski definition) is 5. The summed E-state index contributed by atoms with van der Waals surface area (Å²) in [5.74, 6) is -0.456. The fraction of sp³-hybridized carbons (Fsp3) is 0.471. The SMILES string of the molecule is COC(=O)/C=C/C[C@H](O)C[C@@H](O)CCOCc1ccccc1. The summed E-state index contributed by atoms with van der Waals surface area (Å²) < 4.78 is 9.92. The van der Waals surface area contributed by atoms with E-state index < -0.39 is 18.2 Å². The van der Waals surface area contributed by atoms with Gasteiger partial charge < -0.3 is 19.7 Å². The molecule has 22 heavy (non-hydrogen) atoms. The predicted octanol–water partition coefficient (Wildman–Crippen LogP) is 1.82. The number of hydrogen-bond donors (Lipinski definition) is 2. The van der Waals surface area contributed by atoms with Crippen molar-refractivity contribution in [3.8, 4) is 0 Å². The van der Waals surface area contributed by atoms with Crippen LogP contribution in [0.2, 0.25) is 0 Å². The highest BCUT2D eigenvalue weighted by molar-refractivity contribution is 5.81. The third-order valence-corrected chi connectivity index (χ3v) is 3.11. The zero-order chi connectivity index (χ0) is 16.2. The molecule has 2 N–H and O–H groups in total. The van der Waals surface area contributed by atoms with E-state index in [1.807, 2.05) is 30.3 Å². The molecule has 0 radical (unpaired) electrons. The third kappa shape index (κ3) is 8.56. The van der Waals surface area contributed by atoms with Crippen molar-refractivity contribution in [3.05, 3.63) is 48.0 Å². The minimum atomic E-state index is -0.690. The Labute approximate surface area is 131 Å². The van der Waals surface area contributed by atoms with Gasteiger partial charge in [-0.15, -0.1) is 0 Å². The van der Waals surface area contributed by atoms with E-state index in [9.17, 15) is 15.0 Å². The van der Waals surface area contributed by atoms with Crippen LogP contribution in [0.5, 0.6) is 0 Å². The number of methoxy groups -OCH3 is 1. The van der Waals surface area contributed by atoms with Gasteiger partial charge in [0.15, 0.2) is 0 Å². The summed E-state index contributed by atoms with van der Waals surface area (Å²) in [4.78, 5) is 10.9. The Morgan fingerprint density at radius 3 is 2.64 bits per heavy atom. The first-order valence-electron chi connectivity index (χ1n) is 7.34. The van der Waals surface area contributed by atoms with Gasteiger partial charge in [0.2, 0.25) is 0 Å². The molecule has 1 aromatic rings. The zero-order valence-electron chi connectivity index (χ0n) is 12.9. The van der Waals surface area contributed by atoms with Gasteiger partial charge in [-0.05, 0) is 24.8 Å². The van der Waals surface area contributed by atoms with Crippen LogP contribution in [-0.2, 0) is 20.9 Å². The molecule has 0 fully saturated rings. The first-order valence-corrected chi connectivity index (χ1v) is 7.34. The van der Waals surface area contributed by atoms with Gasteiger partial charge in [-0.3, -0.25) is 0 Å². The van der Waals surface area contributed by atoms with Crippen LogP contribution < -0.4 is 0 Å². The van der Waals surface area contributed by atoms with Crippen LogP contribution >= 0.6 is 0 Å². The smallest absolute Gasteiger partial charge is 0.330 e. The lowest BCUT2D eigenvalue weighted by molar-refractivity contribution is -0.134. The van der Waals surface area contributed by atoms with Gasteiger partial charge in [0.25, 0.3) is 0 Å². The molecule has 0 unspecified atom stereocenters. The molecule has 0 spiro atoms. The van der Waals surface area contributed by atoms with Crippen LogP contribution in [0, 0.1) is 0 Å². The highest BCUT2D eigenvalue weighted by Crippen LogP contribution is 2.08. The number of ether oxygens (including phenoxy) is 2. The van der Waals surface area contributed by atoms with E-state index in [2.05, 4.69) is 4.74 Å². The van der Waals surface area contributed by atoms with E-state index in [4.69, 9.17) is 4.74 Å². The number of benzene rings is 1. The van der Waals surface area contributed by atoms with Crippen molar-refractivity contribution in [2.75, 3.05) is 13.7 Å². The van der Waals surface area contributed by atoms with Gasteiger partial charge in [-0.1, -0.05) is 36.4 Å². The molecule has 0 saturated heterocycles. The lowest BCUT2D eigenvalue weighted by Gasteiger charge is -2.14. The fourth-order valence-corrected chi connectivity index (χ4v) is 1.90. The highest BCUT2D eigenvalue weighted by atomic mass is 16.5. The van der Waals surface area contributed by atoms with Crippen LogP contribution in [0.15, 0.2) is 42.5 Å². The Hall–Kier alpha value is -1.69. The van der Waals surface area contributed by atoms with Crippen molar-refractivity contribution in [3.63, 3.8) is 0 Å². The average Bonchev–Trinajstić information content (AvgIpc) is 2.52. The highest BCUT2D eigenvalue weighted by Gasteiger charge is 2.11. The molecule has 5 nitrogen and oxygen atoms in total. The van der Waals surface area contributed by atoms with Crippen molar-refractivity contribution in [1.82, 2.24) is 0 Å². The Bertz CT molecular complexity index is 444. The van der Waals surface area contributed by atoms with E-state index >= 15 is 0 Å². The molecule has 122 valence electrons. The van der Waals surface area contributed by atoms with E-state index in [-0.39, 0.29) is 6.42 Å². The first kappa shape index (κ1) is 18.4. The zero-order valence-corrected chi connectivity index (χ0v) is 12.9. The molecule has 0 aliphatic rings. The van der Waals surface area contributed by atoms with Gasteiger partial charge in [-0.25, -0.2) is 4.79 Å². The van der Waals surface area contributed by atoms with Crippen LogP contribution in [0.4, 0.5) is 0 Å². The number of carbonyl (C=O) groups excluding carboxylic acids is 1. The van der Waals surface area contributed by atoms with Crippen LogP contribution in [0.25, 0.3) is 0 Å². The summed E-state index contributed by atoms with van der Waals surface area (Å²) in [6.07, 6.45) is 2.50. The standard InChI is InChI=1S/C17H24O5/c1-21-17(20)9-5-8-15(18)12-16(19)10-11-22-13-14-6-3-2-4-7-14/h2-7,9,15-16,18-19H,8,10-13H2,1H3/b9-5+/t15-,16-/m0/s1. The molecule has 0 heterocycles. The molecule has 0 saturated carbocycles. The Morgan fingerprint density at radius 2 is 1.95 bits per heavy atom. The van der Waals surface area contributed by atoms with Crippen LogP contribution in [0.3, 0.4) is 0 Å². The molecule has 0 bridgehead atoms. The monoisotopic (exact) mass is 308 g/mol. The van der Waals surface area contributed by atoms with Gasteiger partial charge in [0, 0.05) is 12.7 Å². The maximum absolute atomic E-state index is 10.9. The Balaban J connectivity index is 2.11. The van der Waals surface area contributed by atoms with E-state index in [0.717, 1.165) is 5.56 Å². The summed E-state index contributed by atoms with van der Waals surface area (Å²) in [6.45, 7) is 0.943. The van der Waals surface area contributed by atoms with Crippen LogP contribution in [0.1, 0.15) is 24.8 Å². The minimum Gasteiger partial charge on any atom is -0.466 e. The lowest BCUT2D eigenvalue weighted by atomic mass is 10.1. The molecule has 0 aliphatic heterocycles. The van der Waals surface area contributed by atoms with Crippen molar-refractivity contribution >= 4 is 5.97 Å². The van der Waals surface area contributed by atoms with E-state index in [1.54, 1.807) is 0 Å². The predicted molar refractivity (Wildman–Crippen MR) is 83.1 cm³/mol. The van der Waals surface area contributed by atoms with E-state index in [0.29, 0.717) is 26.1 Å². The maximum Gasteiger partial charge on any atom is 0.330 e. The molecule has 0 amide bonds. The number of rotatable bonds is 10. The number of carbonyl (C=O) groups is 1. The summed E-state index contributed by atoms with van der Waals surface area (Å²) in [7, 11) is 1.29. The second-order valence-electron chi connectivity index (χ2n) is 5.03. The van der Waals surface area contributed by atoms with Crippen molar-refractivity contribution < 1.29 is 24.5 Å². The summed E-state index contributed by atoms with van der Waals surface area (Å²) in [6, 6.07) is 9.81. The average molecular weight is 308 g/mol. The van der Waals surface area contributed by atoms with Gasteiger partial charge in [0.1, 0.15) is 0 Å². The molecule has 2 atom stereocenters. The molecule has 0 aromatic heterocycles. The second kappa shape index (κ2) is 11.0. The van der Waals surface area contributed by atoms with Gasteiger partial charge >= 0.3 is 5.97 Å². The normalized spacial score (nSPS) is 14.0. The topological polar surface area (TPSA) is 76.0 Å². The fourth-order valence-electron chi connectivity index (χ4n) is 1.90. The molecular weight excluding hydrogens is 284 g/mol. The molecule has 0 aliphatic carbocycles. The Morgan fingerprint density at radius 1 is 1.23 bits per heavy atom. The quantitative estimate of drug-likeness (QED) is 0.392. The number of aliphatic hydroxyl groups is 2. The van der Waals surface area contributed by atoms with Crippen LogP contribution in [-0.4, -0.2) is 42.1 Å². The second-order valence-corrected chi connectivity index (χ2v) is 5.03. The summed E-state index contributed by atoms with van der Waals surface area (Å²) in [5.41, 5.74) is 1.09. The van der Waals surface area contributed by atoms with Crippen molar-refractivity contribution in [2.45, 2.75) is 38.1 Å². The largest absolute Gasteiger partial charge is 0.466 e. The maximum atomic E-state index is 10.9. The molecule has 1 rings (SSSR count). The third-order valence-electron chi connectivity index (χ3n) is 3.11. The minimum absolute atomic E-state index is 0.250. The van der Waals surface area contributed by atoms with E-state index in [1.165, 1.54) is 19.3 Å². The van der Waals surface area contributed by atoms with Gasteiger partial charge in [0.05, 0.1) is 25.9 Å². The summed E-state index contributed by atoms with van der Waals surface area (Å²) >= 11 is 0. The number of aliphatic hydroxyl groups excluding tert-OH is 2. The first-order chi connectivity index (χ1) is 10.6. The number of esters is 1. The Kier molecular flexibility index (Phi) is 9.14. The molecule has 1 aromatic carbocycles. The van der Waals surface area contributed by atoms with Crippen molar-refractivity contribution in [2.24, 2.45) is 0 Å². The van der Waals surface area contributed by atoms with Crippen molar-refractivity contribution in [1.29, 1.82) is 0 Å². The van der Waals surface area contributed by atoms with Gasteiger partial charge in [-0.2, -0.15) is 0 Å². The molecule has 5 heteroatoms. The lowest BCUT2D eigenvalue weighted by Crippen LogP contribution is -2.19. The summed E-state index contributed by atoms with van der Waals surface area (Å²) in [5, 5.41) is 19.6. The molecular formula is C17H24O5.